The number of benzene rings is 3. The number of aromatic nitrogens is 3. The van der Waals surface area contributed by atoms with E-state index in [1.807, 2.05) is 0 Å². The van der Waals surface area contributed by atoms with Crippen LogP contribution in [0.2, 0.25) is 0 Å². The van der Waals surface area contributed by atoms with Crippen molar-refractivity contribution in [3.8, 4) is 11.4 Å². The average molecular weight is 411 g/mol. The summed E-state index contributed by atoms with van der Waals surface area (Å²) in [4.78, 5) is 7.42. The summed E-state index contributed by atoms with van der Waals surface area (Å²) in [5, 5.41) is 2.61. The van der Waals surface area contributed by atoms with E-state index in [4.69, 9.17) is 4.98 Å². The zero-order chi connectivity index (χ0) is 21.5. The molecule has 0 unspecified atom stereocenters. The Balaban J connectivity index is 1.76. The number of hydrogen-bond donors (Lipinski definition) is 0. The monoisotopic (exact) mass is 410 g/mol. The average Bonchev–Trinajstić information content (AvgIpc) is 3.32. The summed E-state index contributed by atoms with van der Waals surface area (Å²) in [6.07, 6.45) is 0.991. The van der Waals surface area contributed by atoms with Crippen LogP contribution in [0.15, 0.2) is 60.7 Å². The van der Waals surface area contributed by atoms with Crippen molar-refractivity contribution in [2.24, 2.45) is 0 Å². The van der Waals surface area contributed by atoms with Crippen molar-refractivity contribution in [1.29, 1.82) is 0 Å². The lowest BCUT2D eigenvalue weighted by atomic mass is 10.1. The molecule has 0 amide bonds. The van der Waals surface area contributed by atoms with E-state index < -0.39 is 0 Å². The van der Waals surface area contributed by atoms with Gasteiger partial charge in [0.2, 0.25) is 0 Å². The van der Waals surface area contributed by atoms with Gasteiger partial charge in [0.15, 0.2) is 0 Å². The first kappa shape index (κ1) is 19.8. The zero-order valence-corrected chi connectivity index (χ0v) is 18.9. The number of imidazole rings is 1. The third-order valence-electron chi connectivity index (χ3n) is 6.36. The minimum Gasteiger partial charge on any atom is -0.341 e. The van der Waals surface area contributed by atoms with Crippen molar-refractivity contribution in [1.82, 2.24) is 19.0 Å². The molecule has 0 fully saturated rings. The van der Waals surface area contributed by atoms with Gasteiger partial charge in [0.25, 0.3) is 0 Å². The molecule has 0 radical (unpaired) electrons. The molecule has 5 rings (SSSR count). The van der Waals surface area contributed by atoms with Gasteiger partial charge in [-0.05, 0) is 63.3 Å². The zero-order valence-electron chi connectivity index (χ0n) is 18.9. The third-order valence-corrected chi connectivity index (χ3v) is 6.36. The van der Waals surface area contributed by atoms with Crippen molar-refractivity contribution >= 4 is 32.8 Å². The molecular weight excluding hydrogens is 380 g/mol. The van der Waals surface area contributed by atoms with Crippen LogP contribution < -0.4 is 0 Å². The summed E-state index contributed by atoms with van der Waals surface area (Å²) < 4.78 is 4.80. The molecule has 31 heavy (non-hydrogen) atoms. The van der Waals surface area contributed by atoms with Crippen molar-refractivity contribution in [3.05, 3.63) is 66.2 Å². The summed E-state index contributed by atoms with van der Waals surface area (Å²) in [7, 11) is 4.25. The fourth-order valence-corrected chi connectivity index (χ4v) is 4.77. The maximum atomic E-state index is 5.18. The Labute approximate surface area is 183 Å². The van der Waals surface area contributed by atoms with Crippen LogP contribution in [-0.4, -0.2) is 39.7 Å². The van der Waals surface area contributed by atoms with Crippen LogP contribution in [0.4, 0.5) is 0 Å². The molecule has 4 heteroatoms. The van der Waals surface area contributed by atoms with Gasteiger partial charge in [-0.3, -0.25) is 0 Å². The van der Waals surface area contributed by atoms with Crippen molar-refractivity contribution in [3.63, 3.8) is 0 Å². The molecule has 0 aliphatic rings. The van der Waals surface area contributed by atoms with Gasteiger partial charge < -0.3 is 14.0 Å². The van der Waals surface area contributed by atoms with E-state index in [9.17, 15) is 0 Å². The molecule has 2 heterocycles. The lowest BCUT2D eigenvalue weighted by Crippen LogP contribution is -2.18. The fraction of sp³-hybridized carbons (Fsp3) is 0.296. The van der Waals surface area contributed by atoms with Gasteiger partial charge in [-0.2, -0.15) is 0 Å². The molecule has 158 valence electrons. The molecule has 0 bridgehead atoms. The second kappa shape index (κ2) is 7.86. The maximum absolute atomic E-state index is 5.18. The van der Waals surface area contributed by atoms with E-state index in [-0.39, 0.29) is 0 Å². The van der Waals surface area contributed by atoms with Crippen LogP contribution >= 0.6 is 0 Å². The predicted molar refractivity (Wildman–Crippen MR) is 132 cm³/mol. The van der Waals surface area contributed by atoms with Crippen LogP contribution in [0.1, 0.15) is 19.4 Å². The van der Waals surface area contributed by atoms with E-state index >= 15 is 0 Å². The van der Waals surface area contributed by atoms with E-state index in [0.717, 1.165) is 37.4 Å². The lowest BCUT2D eigenvalue weighted by Gasteiger charge is -2.14. The summed E-state index contributed by atoms with van der Waals surface area (Å²) in [6.45, 7) is 7.28. The van der Waals surface area contributed by atoms with Crippen LogP contribution in [0.5, 0.6) is 0 Å². The fourth-order valence-electron chi connectivity index (χ4n) is 4.77. The van der Waals surface area contributed by atoms with Crippen LogP contribution in [0.25, 0.3) is 44.2 Å². The highest BCUT2D eigenvalue weighted by atomic mass is 15.1. The normalized spacial score (nSPS) is 12.0. The molecule has 0 spiro atoms. The number of para-hydroxylation sites is 2. The molecule has 0 aliphatic heterocycles. The maximum Gasteiger partial charge on any atom is 0.141 e. The highest BCUT2D eigenvalue weighted by Crippen LogP contribution is 2.34. The van der Waals surface area contributed by atoms with Gasteiger partial charge in [0, 0.05) is 47.0 Å². The second-order valence-corrected chi connectivity index (χ2v) is 8.52. The molecule has 2 aromatic heterocycles. The standard InChI is InChI=1S/C27H30N4/c1-5-19-10-9-13-25-26(19)28-27(31(25)17-16-29(3)4)20-14-15-24-22(18-20)21-11-7-8-12-23(21)30(24)6-2/h7-15,18H,5-6,16-17H2,1-4H3. The predicted octanol–water partition coefficient (Wildman–Crippen LogP) is 5.96. The largest absolute Gasteiger partial charge is 0.341 e. The Morgan fingerprint density at radius 2 is 1.58 bits per heavy atom. The minimum absolute atomic E-state index is 0.917. The molecule has 0 atom stereocenters. The Morgan fingerprint density at radius 3 is 2.35 bits per heavy atom. The number of likely N-dealkylation sites (N-methyl/N-ethyl adjacent to an activating group) is 1. The Kier molecular flexibility index (Phi) is 5.03. The number of hydrogen-bond acceptors (Lipinski definition) is 2. The van der Waals surface area contributed by atoms with Gasteiger partial charge in [-0.1, -0.05) is 37.3 Å². The number of fused-ring (bicyclic) bond motifs is 4. The van der Waals surface area contributed by atoms with Gasteiger partial charge in [-0.25, -0.2) is 4.98 Å². The Hall–Kier alpha value is -3.11. The van der Waals surface area contributed by atoms with Gasteiger partial charge in [0.05, 0.1) is 11.0 Å². The highest BCUT2D eigenvalue weighted by molar-refractivity contribution is 6.09. The topological polar surface area (TPSA) is 26.0 Å². The van der Waals surface area contributed by atoms with Crippen LogP contribution in [0.3, 0.4) is 0 Å². The first-order valence-corrected chi connectivity index (χ1v) is 11.3. The summed E-state index contributed by atoms with van der Waals surface area (Å²) in [6, 6.07) is 22.1. The SMILES string of the molecule is CCc1cccc2c1nc(-c1ccc3c(c1)c1ccccc1n3CC)n2CCN(C)C. The Bertz CT molecular complexity index is 1390. The van der Waals surface area contributed by atoms with Crippen LogP contribution in [-0.2, 0) is 19.5 Å². The minimum atomic E-state index is 0.917. The van der Waals surface area contributed by atoms with Crippen LogP contribution in [0, 0.1) is 0 Å². The third kappa shape index (κ3) is 3.22. The van der Waals surface area contributed by atoms with Gasteiger partial charge >= 0.3 is 0 Å². The van der Waals surface area contributed by atoms with E-state index in [1.165, 1.54) is 38.4 Å². The first-order valence-electron chi connectivity index (χ1n) is 11.3. The highest BCUT2D eigenvalue weighted by Gasteiger charge is 2.17. The molecule has 0 saturated carbocycles. The lowest BCUT2D eigenvalue weighted by molar-refractivity contribution is 0.387. The number of nitrogens with zero attached hydrogens (tertiary/aromatic N) is 4. The molecule has 4 nitrogen and oxygen atoms in total. The summed E-state index contributed by atoms with van der Waals surface area (Å²) in [5.74, 6) is 1.06. The Morgan fingerprint density at radius 1 is 0.806 bits per heavy atom. The number of aryl methyl sites for hydroxylation is 2. The summed E-state index contributed by atoms with van der Waals surface area (Å²) >= 11 is 0. The molecular formula is C27H30N4. The van der Waals surface area contributed by atoms with Crippen molar-refractivity contribution in [2.75, 3.05) is 20.6 Å². The first-order chi connectivity index (χ1) is 15.1. The summed E-state index contributed by atoms with van der Waals surface area (Å²) in [5.41, 5.74) is 7.45. The molecule has 3 aromatic carbocycles. The quantitative estimate of drug-likeness (QED) is 0.345. The van der Waals surface area contributed by atoms with E-state index in [2.05, 4.69) is 103 Å². The van der Waals surface area contributed by atoms with Crippen molar-refractivity contribution in [2.45, 2.75) is 33.4 Å². The second-order valence-electron chi connectivity index (χ2n) is 8.52. The van der Waals surface area contributed by atoms with Gasteiger partial charge in [-0.15, -0.1) is 0 Å². The molecule has 0 aliphatic carbocycles. The van der Waals surface area contributed by atoms with E-state index in [1.54, 1.807) is 0 Å². The van der Waals surface area contributed by atoms with Gasteiger partial charge in [0.1, 0.15) is 5.82 Å². The smallest absolute Gasteiger partial charge is 0.141 e. The van der Waals surface area contributed by atoms with E-state index in [0.29, 0.717) is 0 Å². The molecule has 0 saturated heterocycles. The number of rotatable bonds is 6. The molecule has 5 aromatic rings. The molecule has 0 N–H and O–H groups in total. The van der Waals surface area contributed by atoms with Crippen molar-refractivity contribution < 1.29 is 0 Å².